The Kier molecular flexibility index (Phi) is 5.74. The summed E-state index contributed by atoms with van der Waals surface area (Å²) in [6, 6.07) is 24.3. The van der Waals surface area contributed by atoms with Crippen LogP contribution >= 0.6 is 11.3 Å². The first-order chi connectivity index (χ1) is 18.5. The molecule has 186 valence electrons. The number of hydrogen-bond donors (Lipinski definition) is 5. The minimum absolute atomic E-state index is 0.0772. The van der Waals surface area contributed by atoms with E-state index >= 15 is 0 Å². The number of rotatable bonds is 5. The number of para-hydroxylation sites is 1. The summed E-state index contributed by atoms with van der Waals surface area (Å²) in [7, 11) is 0. The van der Waals surface area contributed by atoms with Gasteiger partial charge in [0, 0.05) is 37.8 Å². The van der Waals surface area contributed by atoms with Crippen LogP contribution in [0.15, 0.2) is 91.1 Å². The molecule has 38 heavy (non-hydrogen) atoms. The average Bonchev–Trinajstić information content (AvgIpc) is 3.57. The highest BCUT2D eigenvalue weighted by Gasteiger charge is 2.17. The molecule has 6 rings (SSSR count). The number of phenols is 2. The lowest BCUT2D eigenvalue weighted by Crippen LogP contribution is -2.13. The summed E-state index contributed by atoms with van der Waals surface area (Å²) in [6.07, 6.45) is 1.68. The van der Waals surface area contributed by atoms with Crippen LogP contribution in [0.1, 0.15) is 20.7 Å². The molecule has 0 aliphatic carbocycles. The molecular formula is C29H20N4O4S. The molecule has 0 bridgehead atoms. The molecule has 0 aliphatic rings. The van der Waals surface area contributed by atoms with E-state index in [4.69, 9.17) is 0 Å². The fourth-order valence-corrected chi connectivity index (χ4v) is 5.36. The van der Waals surface area contributed by atoms with Crippen molar-refractivity contribution in [3.8, 4) is 21.9 Å². The number of anilines is 2. The van der Waals surface area contributed by atoms with E-state index in [1.165, 1.54) is 24.3 Å². The van der Waals surface area contributed by atoms with Gasteiger partial charge in [-0.2, -0.15) is 5.10 Å². The summed E-state index contributed by atoms with van der Waals surface area (Å²) >= 11 is 1.64. The number of amides is 2. The number of benzene rings is 4. The van der Waals surface area contributed by atoms with Gasteiger partial charge in [0.1, 0.15) is 11.5 Å². The van der Waals surface area contributed by atoms with Crippen molar-refractivity contribution in [3.63, 3.8) is 0 Å². The molecule has 0 spiro atoms. The van der Waals surface area contributed by atoms with Gasteiger partial charge >= 0.3 is 0 Å². The number of fused-ring (bicyclic) bond motifs is 2. The number of nitrogens with one attached hydrogen (secondary N) is 3. The maximum absolute atomic E-state index is 13.2. The molecule has 0 aliphatic heterocycles. The minimum Gasteiger partial charge on any atom is -0.507 e. The van der Waals surface area contributed by atoms with E-state index in [1.807, 2.05) is 18.2 Å². The molecule has 0 unspecified atom stereocenters. The standard InChI is InChI=1S/C29H20N4O4S/c34-23-7-3-2-6-20(23)29(37)32-22-10-9-19(14-24(22)35)31-28(36)17-11-18-15-30-33-27(18)21(12-17)26-13-16-5-1-4-8-25(16)38-26/h1-15,34-35H,(H,30,33)(H,31,36)(H,32,37). The van der Waals surface area contributed by atoms with E-state index in [0.29, 0.717) is 11.3 Å². The summed E-state index contributed by atoms with van der Waals surface area (Å²) in [4.78, 5) is 26.7. The van der Waals surface area contributed by atoms with E-state index in [-0.39, 0.29) is 28.7 Å². The molecule has 0 radical (unpaired) electrons. The molecule has 0 saturated carbocycles. The second-order valence-electron chi connectivity index (χ2n) is 8.66. The fraction of sp³-hybridized carbons (Fsp3) is 0. The number of hydrogen-bond acceptors (Lipinski definition) is 6. The maximum atomic E-state index is 13.2. The molecule has 9 heteroatoms. The third kappa shape index (κ3) is 4.31. The molecule has 8 nitrogen and oxygen atoms in total. The molecule has 2 heterocycles. The van der Waals surface area contributed by atoms with Crippen LogP contribution in [0, 0.1) is 0 Å². The number of H-pyrrole nitrogens is 1. The van der Waals surface area contributed by atoms with Gasteiger partial charge in [0.05, 0.1) is 23.0 Å². The van der Waals surface area contributed by atoms with Gasteiger partial charge in [0.25, 0.3) is 11.8 Å². The van der Waals surface area contributed by atoms with Gasteiger partial charge in [-0.3, -0.25) is 14.7 Å². The Labute approximate surface area is 220 Å². The van der Waals surface area contributed by atoms with Crippen molar-refractivity contribution >= 4 is 55.5 Å². The van der Waals surface area contributed by atoms with Crippen LogP contribution in [0.2, 0.25) is 0 Å². The SMILES string of the molecule is O=C(Nc1ccc(NC(=O)c2ccccc2O)c(O)c1)c1cc(-c2cc3ccccc3s2)c2[nH]ncc2c1. The summed E-state index contributed by atoms with van der Waals surface area (Å²) in [5.74, 6) is -1.33. The van der Waals surface area contributed by atoms with Gasteiger partial charge in [-0.05, 0) is 53.9 Å². The molecule has 0 saturated heterocycles. The van der Waals surface area contributed by atoms with E-state index in [2.05, 4.69) is 39.0 Å². The van der Waals surface area contributed by atoms with Gasteiger partial charge in [-0.25, -0.2) is 0 Å². The zero-order chi connectivity index (χ0) is 26.2. The zero-order valence-corrected chi connectivity index (χ0v) is 20.5. The van der Waals surface area contributed by atoms with Crippen molar-refractivity contribution < 1.29 is 19.8 Å². The largest absolute Gasteiger partial charge is 0.507 e. The number of aromatic nitrogens is 2. The Balaban J connectivity index is 1.26. The molecule has 4 aromatic carbocycles. The van der Waals surface area contributed by atoms with Crippen LogP contribution in [-0.4, -0.2) is 32.2 Å². The Morgan fingerprint density at radius 2 is 1.61 bits per heavy atom. The van der Waals surface area contributed by atoms with Crippen molar-refractivity contribution in [2.45, 2.75) is 0 Å². The number of carbonyl (C=O) groups is 2. The number of phenolic OH excluding ortho intramolecular Hbond substituents is 2. The lowest BCUT2D eigenvalue weighted by atomic mass is 10.0. The zero-order valence-electron chi connectivity index (χ0n) is 19.7. The summed E-state index contributed by atoms with van der Waals surface area (Å²) in [6.45, 7) is 0. The van der Waals surface area contributed by atoms with Crippen LogP contribution in [0.4, 0.5) is 11.4 Å². The van der Waals surface area contributed by atoms with Gasteiger partial charge in [-0.1, -0.05) is 30.3 Å². The Bertz CT molecular complexity index is 1820. The molecule has 0 fully saturated rings. The number of aromatic amines is 1. The quantitative estimate of drug-likeness (QED) is 0.169. The number of thiophene rings is 1. The van der Waals surface area contributed by atoms with Crippen LogP contribution in [-0.2, 0) is 0 Å². The topological polar surface area (TPSA) is 127 Å². The Morgan fingerprint density at radius 1 is 0.789 bits per heavy atom. The average molecular weight is 521 g/mol. The smallest absolute Gasteiger partial charge is 0.259 e. The van der Waals surface area contributed by atoms with Crippen molar-refractivity contribution in [1.82, 2.24) is 10.2 Å². The molecule has 6 aromatic rings. The predicted octanol–water partition coefficient (Wildman–Crippen LogP) is 6.36. The van der Waals surface area contributed by atoms with Gasteiger partial charge in [0.15, 0.2) is 0 Å². The van der Waals surface area contributed by atoms with E-state index in [9.17, 15) is 19.8 Å². The van der Waals surface area contributed by atoms with Crippen LogP contribution in [0.25, 0.3) is 31.4 Å². The van der Waals surface area contributed by atoms with E-state index < -0.39 is 5.91 Å². The molecule has 0 atom stereocenters. The van der Waals surface area contributed by atoms with Gasteiger partial charge < -0.3 is 20.8 Å². The maximum Gasteiger partial charge on any atom is 0.259 e. The van der Waals surface area contributed by atoms with Gasteiger partial charge in [-0.15, -0.1) is 11.3 Å². The minimum atomic E-state index is -0.572. The van der Waals surface area contributed by atoms with E-state index in [1.54, 1.807) is 41.8 Å². The number of carbonyl (C=O) groups excluding carboxylic acids is 2. The third-order valence-electron chi connectivity index (χ3n) is 6.15. The normalized spacial score (nSPS) is 11.1. The fourth-order valence-electron chi connectivity index (χ4n) is 4.27. The van der Waals surface area contributed by atoms with Gasteiger partial charge in [0.2, 0.25) is 0 Å². The number of nitrogens with zero attached hydrogens (tertiary/aromatic N) is 1. The summed E-state index contributed by atoms with van der Waals surface area (Å²) < 4.78 is 1.15. The van der Waals surface area contributed by atoms with Crippen molar-refractivity contribution in [2.75, 3.05) is 10.6 Å². The van der Waals surface area contributed by atoms with Crippen molar-refractivity contribution in [1.29, 1.82) is 0 Å². The Hall–Kier alpha value is -5.15. The Morgan fingerprint density at radius 3 is 2.42 bits per heavy atom. The first kappa shape index (κ1) is 23.3. The molecule has 5 N–H and O–H groups in total. The second-order valence-corrected chi connectivity index (χ2v) is 9.75. The summed E-state index contributed by atoms with van der Waals surface area (Å²) in [5.41, 5.74) is 2.72. The third-order valence-corrected chi connectivity index (χ3v) is 7.30. The predicted molar refractivity (Wildman–Crippen MR) is 149 cm³/mol. The lowest BCUT2D eigenvalue weighted by molar-refractivity contribution is 0.101. The second kappa shape index (κ2) is 9.38. The molecular weight excluding hydrogens is 500 g/mol. The molecule has 2 amide bonds. The van der Waals surface area contributed by atoms with Crippen molar-refractivity contribution in [3.05, 3.63) is 102 Å². The lowest BCUT2D eigenvalue weighted by Gasteiger charge is -2.11. The van der Waals surface area contributed by atoms with Crippen LogP contribution < -0.4 is 10.6 Å². The number of aromatic hydroxyl groups is 2. The van der Waals surface area contributed by atoms with Crippen molar-refractivity contribution in [2.24, 2.45) is 0 Å². The highest BCUT2D eigenvalue weighted by Crippen LogP contribution is 2.37. The first-order valence-electron chi connectivity index (χ1n) is 11.7. The first-order valence-corrected chi connectivity index (χ1v) is 12.5. The summed E-state index contributed by atoms with van der Waals surface area (Å²) in [5, 5.41) is 34.8. The van der Waals surface area contributed by atoms with Crippen LogP contribution in [0.5, 0.6) is 11.5 Å². The van der Waals surface area contributed by atoms with E-state index in [0.717, 1.165) is 31.4 Å². The highest BCUT2D eigenvalue weighted by atomic mass is 32.1. The van der Waals surface area contributed by atoms with Crippen LogP contribution in [0.3, 0.4) is 0 Å². The highest BCUT2D eigenvalue weighted by molar-refractivity contribution is 7.22. The molecule has 2 aromatic heterocycles. The monoisotopic (exact) mass is 520 g/mol.